The van der Waals surface area contributed by atoms with Crippen LogP contribution in [0, 0.1) is 5.41 Å². The summed E-state index contributed by atoms with van der Waals surface area (Å²) in [6.07, 6.45) is 7.60. The predicted octanol–water partition coefficient (Wildman–Crippen LogP) is 3.30. The molecule has 2 aromatic carbocycles. The number of hydrogen-bond acceptors (Lipinski definition) is 11. The van der Waals surface area contributed by atoms with Crippen LogP contribution >= 0.6 is 0 Å². The smallest absolute Gasteiger partial charge is 0.305 e. The third-order valence-corrected chi connectivity index (χ3v) is 5.25. The lowest BCUT2D eigenvalue weighted by Crippen LogP contribution is -2.20. The first kappa shape index (κ1) is 37.5. The minimum absolute atomic E-state index is 0.0255. The number of aliphatic hydroxyl groups excluding tert-OH is 4. The lowest BCUT2D eigenvalue weighted by molar-refractivity contribution is -0.142. The van der Waals surface area contributed by atoms with Crippen LogP contribution in [0.15, 0.2) is 58.5 Å². The second-order valence-corrected chi connectivity index (χ2v) is 9.49. The van der Waals surface area contributed by atoms with Gasteiger partial charge in [-0.15, -0.1) is 0 Å². The number of esters is 1. The van der Waals surface area contributed by atoms with E-state index >= 15 is 0 Å². The van der Waals surface area contributed by atoms with Gasteiger partial charge in [-0.1, -0.05) is 38.1 Å². The van der Waals surface area contributed by atoms with Crippen LogP contribution < -0.4 is 0 Å². The van der Waals surface area contributed by atoms with Gasteiger partial charge in [-0.3, -0.25) is 4.79 Å². The van der Waals surface area contributed by atoms with Crippen molar-refractivity contribution in [3.8, 4) is 0 Å². The molecule has 0 spiro atoms. The van der Waals surface area contributed by atoms with Gasteiger partial charge in [0.25, 0.3) is 0 Å². The summed E-state index contributed by atoms with van der Waals surface area (Å²) in [5.41, 5.74) is 3.09. The molecule has 226 valence electrons. The van der Waals surface area contributed by atoms with Crippen molar-refractivity contribution >= 4 is 29.5 Å². The number of hydrogen-bond donors (Lipinski definition) is 4. The van der Waals surface area contributed by atoms with Crippen LogP contribution in [0.2, 0.25) is 0 Å². The Morgan fingerprint density at radius 1 is 0.780 bits per heavy atom. The molecule has 0 aromatic heterocycles. The Balaban J connectivity index is 0.000000602. The van der Waals surface area contributed by atoms with Gasteiger partial charge in [-0.05, 0) is 61.1 Å². The number of isocyanates is 2. The van der Waals surface area contributed by atoms with Crippen molar-refractivity contribution in [1.82, 2.24) is 0 Å². The standard InChI is InChI=1S/C15H10N2O2.C6H10O2.C5H12O2.C4H10O3/c18-10-16-14-5-1-12(2-6-14)9-13-3-7-15(8-4-13)17-11-19;7-6-4-2-1-3-5-8-6;1-5(2,3-6)4-7;5-1-3-7-4-2-6/h1-8H,9H2;1-5H2;6-7H,3-4H2,1-2H3;5-6H,1-4H2. The molecule has 0 amide bonds. The Bertz CT molecular complexity index is 965. The molecular formula is C30H42N2O9. The Labute approximate surface area is 241 Å². The number of ether oxygens (including phenoxy) is 2. The van der Waals surface area contributed by atoms with Crippen molar-refractivity contribution < 1.29 is 44.3 Å². The molecule has 1 heterocycles. The van der Waals surface area contributed by atoms with Crippen LogP contribution in [0.1, 0.15) is 50.7 Å². The summed E-state index contributed by atoms with van der Waals surface area (Å²) in [6, 6.07) is 14.7. The fourth-order valence-electron chi connectivity index (χ4n) is 2.81. The van der Waals surface area contributed by atoms with E-state index in [-0.39, 0.29) is 37.8 Å². The quantitative estimate of drug-likeness (QED) is 0.144. The highest BCUT2D eigenvalue weighted by Crippen LogP contribution is 2.18. The predicted molar refractivity (Wildman–Crippen MR) is 154 cm³/mol. The summed E-state index contributed by atoms with van der Waals surface area (Å²) in [7, 11) is 0. The van der Waals surface area contributed by atoms with Crippen molar-refractivity contribution in [3.63, 3.8) is 0 Å². The van der Waals surface area contributed by atoms with Crippen molar-refractivity contribution in [3.05, 3.63) is 59.7 Å². The largest absolute Gasteiger partial charge is 0.466 e. The van der Waals surface area contributed by atoms with Crippen LogP contribution in [0.4, 0.5) is 11.4 Å². The number of rotatable bonds is 10. The summed E-state index contributed by atoms with van der Waals surface area (Å²) in [6.45, 7) is 5.02. The van der Waals surface area contributed by atoms with Crippen molar-refractivity contribution in [2.45, 2.75) is 46.0 Å². The maximum absolute atomic E-state index is 10.5. The van der Waals surface area contributed by atoms with Crippen molar-refractivity contribution in [2.24, 2.45) is 15.4 Å². The van der Waals surface area contributed by atoms with E-state index in [0.717, 1.165) is 36.8 Å². The number of aliphatic imine (C=N–C) groups is 2. The maximum atomic E-state index is 10.5. The second kappa shape index (κ2) is 24.3. The van der Waals surface area contributed by atoms with Crippen LogP contribution in [-0.2, 0) is 30.3 Å². The van der Waals surface area contributed by atoms with Gasteiger partial charge in [0.2, 0.25) is 12.2 Å². The molecule has 1 aliphatic rings. The summed E-state index contributed by atoms with van der Waals surface area (Å²) >= 11 is 0. The number of nitrogens with zero attached hydrogens (tertiary/aromatic N) is 2. The lowest BCUT2D eigenvalue weighted by atomic mass is 9.97. The molecule has 0 atom stereocenters. The van der Waals surface area contributed by atoms with Gasteiger partial charge < -0.3 is 29.9 Å². The first-order chi connectivity index (χ1) is 19.7. The number of aliphatic hydroxyl groups is 4. The molecule has 0 aliphatic carbocycles. The first-order valence-corrected chi connectivity index (χ1v) is 13.3. The number of cyclic esters (lactones) is 1. The molecular weight excluding hydrogens is 532 g/mol. The summed E-state index contributed by atoms with van der Waals surface area (Å²) < 4.78 is 9.40. The molecule has 4 N–H and O–H groups in total. The zero-order chi connectivity index (χ0) is 30.8. The molecule has 11 nitrogen and oxygen atoms in total. The van der Waals surface area contributed by atoms with Crippen molar-refractivity contribution in [2.75, 3.05) is 46.2 Å². The molecule has 0 saturated carbocycles. The van der Waals surface area contributed by atoms with Gasteiger partial charge in [-0.2, -0.15) is 9.98 Å². The van der Waals surface area contributed by atoms with Gasteiger partial charge in [0.05, 0.1) is 57.6 Å². The van der Waals surface area contributed by atoms with E-state index in [1.165, 1.54) is 12.2 Å². The molecule has 2 aromatic rings. The maximum Gasteiger partial charge on any atom is 0.305 e. The zero-order valence-corrected chi connectivity index (χ0v) is 23.8. The molecule has 0 bridgehead atoms. The summed E-state index contributed by atoms with van der Waals surface area (Å²) in [4.78, 5) is 37.7. The van der Waals surface area contributed by atoms with Gasteiger partial charge in [0.1, 0.15) is 0 Å². The highest BCUT2D eigenvalue weighted by atomic mass is 16.5. The summed E-state index contributed by atoms with van der Waals surface area (Å²) in [5.74, 6) is -0.0255. The molecule has 1 fully saturated rings. The number of carbonyl (C=O) groups excluding carboxylic acids is 3. The molecule has 0 radical (unpaired) electrons. The third kappa shape index (κ3) is 21.0. The Morgan fingerprint density at radius 3 is 1.61 bits per heavy atom. The van der Waals surface area contributed by atoms with E-state index in [1.807, 2.05) is 24.3 Å². The normalized spacial score (nSPS) is 12.2. The molecule has 1 aliphatic heterocycles. The van der Waals surface area contributed by atoms with Crippen LogP contribution in [0.5, 0.6) is 0 Å². The topological polar surface area (TPSA) is 175 Å². The number of carbonyl (C=O) groups is 1. The molecule has 41 heavy (non-hydrogen) atoms. The Morgan fingerprint density at radius 2 is 1.24 bits per heavy atom. The molecule has 1 saturated heterocycles. The Kier molecular flexibility index (Phi) is 22.2. The minimum atomic E-state index is -0.306. The fourth-order valence-corrected chi connectivity index (χ4v) is 2.81. The monoisotopic (exact) mass is 574 g/mol. The third-order valence-electron chi connectivity index (χ3n) is 5.25. The van der Waals surface area contributed by atoms with Crippen LogP contribution in [0.3, 0.4) is 0 Å². The van der Waals surface area contributed by atoms with E-state index in [1.54, 1.807) is 38.1 Å². The van der Waals surface area contributed by atoms with Gasteiger partial charge in [-0.25, -0.2) is 9.59 Å². The molecule has 3 rings (SSSR count). The first-order valence-electron chi connectivity index (χ1n) is 13.3. The second-order valence-electron chi connectivity index (χ2n) is 9.49. The van der Waals surface area contributed by atoms with Crippen LogP contribution in [0.25, 0.3) is 0 Å². The van der Waals surface area contributed by atoms with Crippen LogP contribution in [-0.4, -0.2) is 84.8 Å². The highest BCUT2D eigenvalue weighted by molar-refractivity contribution is 5.69. The van der Waals surface area contributed by atoms with Gasteiger partial charge in [0, 0.05) is 11.8 Å². The number of benzene rings is 2. The van der Waals surface area contributed by atoms with E-state index in [2.05, 4.69) is 14.7 Å². The zero-order valence-electron chi connectivity index (χ0n) is 23.8. The summed E-state index contributed by atoms with van der Waals surface area (Å²) in [5, 5.41) is 33.0. The lowest BCUT2D eigenvalue weighted by Gasteiger charge is -2.16. The van der Waals surface area contributed by atoms with E-state index in [9.17, 15) is 14.4 Å². The average molecular weight is 575 g/mol. The Hall–Kier alpha value is -3.53. The van der Waals surface area contributed by atoms with Gasteiger partial charge >= 0.3 is 5.97 Å². The van der Waals surface area contributed by atoms with Crippen molar-refractivity contribution in [1.29, 1.82) is 0 Å². The SMILES string of the molecule is CC(C)(CO)CO.O=C1CCCCCO1.O=C=Nc1ccc(Cc2ccc(N=C=O)cc2)cc1.OCCOCCO. The van der Waals surface area contributed by atoms with E-state index in [4.69, 9.17) is 25.2 Å². The van der Waals surface area contributed by atoms with E-state index in [0.29, 0.717) is 37.6 Å². The highest BCUT2D eigenvalue weighted by Gasteiger charge is 2.13. The van der Waals surface area contributed by atoms with E-state index < -0.39 is 0 Å². The molecule has 0 unspecified atom stereocenters. The molecule has 11 heteroatoms. The minimum Gasteiger partial charge on any atom is -0.466 e. The fraction of sp³-hybridized carbons (Fsp3) is 0.500. The van der Waals surface area contributed by atoms with Gasteiger partial charge in [0.15, 0.2) is 0 Å². The average Bonchev–Trinajstić information content (AvgIpc) is 3.24.